The number of alkyl carbamates (subject to hydrolysis) is 1. The van der Waals surface area contributed by atoms with E-state index in [1.54, 1.807) is 6.92 Å². The summed E-state index contributed by atoms with van der Waals surface area (Å²) in [6.45, 7) is 2.22. The molecule has 0 saturated heterocycles. The van der Waals surface area contributed by atoms with Crippen molar-refractivity contribution in [3.05, 3.63) is 59.7 Å². The first-order valence-corrected chi connectivity index (χ1v) is 11.0. The van der Waals surface area contributed by atoms with Gasteiger partial charge in [-0.1, -0.05) is 48.5 Å². The van der Waals surface area contributed by atoms with Crippen LogP contribution in [-0.2, 0) is 19.1 Å². The molecule has 2 unspecified atom stereocenters. The van der Waals surface area contributed by atoms with Crippen LogP contribution in [0.4, 0.5) is 4.79 Å². The third-order valence-corrected chi connectivity index (χ3v) is 5.76. The molecule has 33 heavy (non-hydrogen) atoms. The molecule has 0 saturated carbocycles. The number of amides is 2. The van der Waals surface area contributed by atoms with Crippen LogP contribution in [0, 0.1) is 0 Å². The molecule has 2 amide bonds. The second-order valence-corrected chi connectivity index (χ2v) is 8.15. The minimum absolute atomic E-state index is 0.0238. The van der Waals surface area contributed by atoms with E-state index in [1.807, 2.05) is 24.3 Å². The Balaban J connectivity index is 1.46. The van der Waals surface area contributed by atoms with Gasteiger partial charge >= 0.3 is 12.1 Å². The van der Waals surface area contributed by atoms with Gasteiger partial charge < -0.3 is 25.2 Å². The van der Waals surface area contributed by atoms with Gasteiger partial charge in [0.15, 0.2) is 0 Å². The highest BCUT2D eigenvalue weighted by Crippen LogP contribution is 2.44. The second-order valence-electron chi connectivity index (χ2n) is 8.15. The lowest BCUT2D eigenvalue weighted by Gasteiger charge is -2.18. The van der Waals surface area contributed by atoms with Gasteiger partial charge in [0.05, 0.1) is 0 Å². The predicted molar refractivity (Wildman–Crippen MR) is 123 cm³/mol. The molecule has 3 rings (SSSR count). The Bertz CT molecular complexity index is 947. The Morgan fingerprint density at radius 2 is 1.58 bits per heavy atom. The highest BCUT2D eigenvalue weighted by Gasteiger charge is 2.29. The first-order valence-electron chi connectivity index (χ1n) is 11.0. The number of benzene rings is 2. The summed E-state index contributed by atoms with van der Waals surface area (Å²) in [6, 6.07) is 14.9. The van der Waals surface area contributed by atoms with Crippen molar-refractivity contribution in [3.8, 4) is 11.1 Å². The Hall–Kier alpha value is -3.39. The summed E-state index contributed by atoms with van der Waals surface area (Å²) in [5, 5.41) is 14.4. The largest absolute Gasteiger partial charge is 0.480 e. The smallest absolute Gasteiger partial charge is 0.407 e. The first-order chi connectivity index (χ1) is 15.9. The molecule has 1 aliphatic rings. The van der Waals surface area contributed by atoms with Gasteiger partial charge in [0.1, 0.15) is 12.6 Å². The van der Waals surface area contributed by atoms with E-state index in [9.17, 15) is 19.5 Å². The van der Waals surface area contributed by atoms with Crippen LogP contribution < -0.4 is 10.6 Å². The van der Waals surface area contributed by atoms with Crippen LogP contribution in [0.2, 0.25) is 0 Å². The van der Waals surface area contributed by atoms with E-state index in [-0.39, 0.29) is 43.9 Å². The number of nitrogens with one attached hydrogen (secondary N) is 2. The SMILES string of the molecule is COCCC(NC(=O)CCC(C)NC(=O)OCC1c2ccccc2-c2ccccc21)C(=O)O. The van der Waals surface area contributed by atoms with Gasteiger partial charge in [0, 0.05) is 38.5 Å². The Kier molecular flexibility index (Phi) is 8.43. The number of aliphatic carboxylic acids is 1. The lowest BCUT2D eigenvalue weighted by Crippen LogP contribution is -2.42. The van der Waals surface area contributed by atoms with Gasteiger partial charge in [-0.2, -0.15) is 0 Å². The van der Waals surface area contributed by atoms with Crippen molar-refractivity contribution >= 4 is 18.0 Å². The summed E-state index contributed by atoms with van der Waals surface area (Å²) < 4.78 is 10.4. The van der Waals surface area contributed by atoms with Gasteiger partial charge in [0.25, 0.3) is 0 Å². The van der Waals surface area contributed by atoms with E-state index < -0.39 is 18.1 Å². The zero-order chi connectivity index (χ0) is 23.8. The van der Waals surface area contributed by atoms with Crippen molar-refractivity contribution in [2.24, 2.45) is 0 Å². The molecule has 2 aromatic carbocycles. The van der Waals surface area contributed by atoms with E-state index in [1.165, 1.54) is 7.11 Å². The maximum absolute atomic E-state index is 12.3. The van der Waals surface area contributed by atoms with E-state index in [0.29, 0.717) is 6.42 Å². The van der Waals surface area contributed by atoms with Crippen LogP contribution in [-0.4, -0.2) is 55.5 Å². The maximum Gasteiger partial charge on any atom is 0.407 e. The fourth-order valence-corrected chi connectivity index (χ4v) is 4.02. The van der Waals surface area contributed by atoms with Crippen LogP contribution >= 0.6 is 0 Å². The van der Waals surface area contributed by atoms with Crippen molar-refractivity contribution in [3.63, 3.8) is 0 Å². The standard InChI is InChI=1S/C25H30N2O6/c1-16(11-12-23(28)27-22(24(29)30)13-14-32-2)26-25(31)33-15-21-19-9-5-3-7-17(19)18-8-4-6-10-20(18)21/h3-10,16,21-22H,11-15H2,1-2H3,(H,26,31)(H,27,28)(H,29,30). The molecule has 2 aromatic rings. The normalized spacial score (nSPS) is 14.0. The van der Waals surface area contributed by atoms with Gasteiger partial charge in [-0.15, -0.1) is 0 Å². The lowest BCUT2D eigenvalue weighted by atomic mass is 9.98. The number of carboxylic acids is 1. The third-order valence-electron chi connectivity index (χ3n) is 5.76. The molecule has 0 heterocycles. The summed E-state index contributed by atoms with van der Waals surface area (Å²) >= 11 is 0. The van der Waals surface area contributed by atoms with Crippen molar-refractivity contribution in [1.29, 1.82) is 0 Å². The molecule has 0 fully saturated rings. The number of carboxylic acid groups (broad SMARTS) is 1. The maximum atomic E-state index is 12.3. The monoisotopic (exact) mass is 454 g/mol. The second kappa shape index (κ2) is 11.5. The van der Waals surface area contributed by atoms with E-state index >= 15 is 0 Å². The third kappa shape index (κ3) is 6.32. The van der Waals surface area contributed by atoms with Crippen molar-refractivity contribution in [2.45, 2.75) is 44.2 Å². The van der Waals surface area contributed by atoms with Crippen LogP contribution in [0.3, 0.4) is 0 Å². The average molecular weight is 455 g/mol. The molecule has 8 heteroatoms. The molecule has 0 spiro atoms. The summed E-state index contributed by atoms with van der Waals surface area (Å²) in [7, 11) is 1.47. The van der Waals surface area contributed by atoms with E-state index in [4.69, 9.17) is 9.47 Å². The van der Waals surface area contributed by atoms with Gasteiger partial charge in [0.2, 0.25) is 5.91 Å². The van der Waals surface area contributed by atoms with Crippen LogP contribution in [0.5, 0.6) is 0 Å². The number of hydrogen-bond donors (Lipinski definition) is 3. The van der Waals surface area contributed by atoms with E-state index in [2.05, 4.69) is 34.9 Å². The number of rotatable bonds is 11. The number of hydrogen-bond acceptors (Lipinski definition) is 5. The van der Waals surface area contributed by atoms with Gasteiger partial charge in [-0.3, -0.25) is 4.79 Å². The topological polar surface area (TPSA) is 114 Å². The molecule has 1 aliphatic carbocycles. The van der Waals surface area contributed by atoms with Crippen LogP contribution in [0.1, 0.15) is 43.2 Å². The fourth-order valence-electron chi connectivity index (χ4n) is 4.02. The van der Waals surface area contributed by atoms with Crippen LogP contribution in [0.15, 0.2) is 48.5 Å². The summed E-state index contributed by atoms with van der Waals surface area (Å²) in [5.74, 6) is -1.52. The predicted octanol–water partition coefficient (Wildman–Crippen LogP) is 3.30. The van der Waals surface area contributed by atoms with Gasteiger partial charge in [-0.25, -0.2) is 9.59 Å². The number of ether oxygens (including phenoxy) is 2. The summed E-state index contributed by atoms with van der Waals surface area (Å²) in [4.78, 5) is 35.6. The molecule has 0 aromatic heterocycles. The molecule has 0 aliphatic heterocycles. The Morgan fingerprint density at radius 1 is 0.970 bits per heavy atom. The zero-order valence-corrected chi connectivity index (χ0v) is 18.9. The molecular formula is C25H30N2O6. The number of fused-ring (bicyclic) bond motifs is 3. The van der Waals surface area contributed by atoms with Crippen molar-refractivity contribution in [1.82, 2.24) is 10.6 Å². The average Bonchev–Trinajstić information content (AvgIpc) is 3.12. The summed E-state index contributed by atoms with van der Waals surface area (Å²) in [5.41, 5.74) is 4.59. The van der Waals surface area contributed by atoms with Crippen molar-refractivity contribution < 1.29 is 29.0 Å². The molecule has 176 valence electrons. The van der Waals surface area contributed by atoms with Crippen LogP contribution in [0.25, 0.3) is 11.1 Å². The fraction of sp³-hybridized carbons (Fsp3) is 0.400. The first kappa shape index (κ1) is 24.3. The highest BCUT2D eigenvalue weighted by atomic mass is 16.5. The highest BCUT2D eigenvalue weighted by molar-refractivity contribution is 5.83. The minimum atomic E-state index is -1.11. The zero-order valence-electron chi connectivity index (χ0n) is 18.9. The number of carbonyl (C=O) groups excluding carboxylic acids is 2. The molecule has 2 atom stereocenters. The number of methoxy groups -OCH3 is 1. The lowest BCUT2D eigenvalue weighted by molar-refractivity contribution is -0.142. The molecule has 0 bridgehead atoms. The molecular weight excluding hydrogens is 424 g/mol. The quantitative estimate of drug-likeness (QED) is 0.480. The Labute approximate surface area is 193 Å². The molecule has 8 nitrogen and oxygen atoms in total. The minimum Gasteiger partial charge on any atom is -0.480 e. The van der Waals surface area contributed by atoms with Gasteiger partial charge in [-0.05, 0) is 35.6 Å². The molecule has 3 N–H and O–H groups in total. The van der Waals surface area contributed by atoms with Crippen molar-refractivity contribution in [2.75, 3.05) is 20.3 Å². The van der Waals surface area contributed by atoms with E-state index in [0.717, 1.165) is 22.3 Å². The number of carbonyl (C=O) groups is 3. The summed E-state index contributed by atoms with van der Waals surface area (Å²) in [6.07, 6.45) is 0.0765. The molecule has 0 radical (unpaired) electrons. The Morgan fingerprint density at radius 3 is 2.15 bits per heavy atom.